The molecule has 2 rings (SSSR count). The van der Waals surface area contributed by atoms with Gasteiger partial charge in [0.15, 0.2) is 17.3 Å². The Labute approximate surface area is 141 Å². The van der Waals surface area contributed by atoms with E-state index >= 15 is 0 Å². The van der Waals surface area contributed by atoms with Crippen LogP contribution in [0.5, 0.6) is 5.75 Å². The Kier molecular flexibility index (Phi) is 4.94. The molecule has 1 aromatic heterocycles. The largest absolute Gasteiger partial charge is 0.483 e. The van der Waals surface area contributed by atoms with Crippen LogP contribution in [0.4, 0.5) is 18.9 Å². The molecular formula is C14H12F3N3O4S. The van der Waals surface area contributed by atoms with Crippen molar-refractivity contribution in [2.45, 2.75) is 24.9 Å². The number of rotatable bonds is 5. The van der Waals surface area contributed by atoms with Crippen molar-refractivity contribution in [1.82, 2.24) is 5.16 Å². The quantitative estimate of drug-likeness (QED) is 0.861. The molecule has 1 N–H and O–H groups in total. The molecule has 0 unspecified atom stereocenters. The SMILES string of the molecule is Cc1noc(C)c1S(=O)(=O)Nc1ccc(OCC(F)(F)F)c(C#N)c1. The monoisotopic (exact) mass is 375 g/mol. The number of anilines is 1. The Balaban J connectivity index is 2.28. The van der Waals surface area contributed by atoms with Crippen LogP contribution < -0.4 is 9.46 Å². The van der Waals surface area contributed by atoms with Gasteiger partial charge >= 0.3 is 6.18 Å². The van der Waals surface area contributed by atoms with E-state index in [1.165, 1.54) is 19.9 Å². The number of sulfonamides is 1. The van der Waals surface area contributed by atoms with Gasteiger partial charge in [0.2, 0.25) is 0 Å². The predicted octanol–water partition coefficient (Wildman–Crippen LogP) is 2.91. The van der Waals surface area contributed by atoms with E-state index in [9.17, 15) is 21.6 Å². The van der Waals surface area contributed by atoms with Crippen LogP contribution in [0.15, 0.2) is 27.6 Å². The number of nitriles is 1. The van der Waals surface area contributed by atoms with E-state index in [4.69, 9.17) is 9.78 Å². The molecule has 134 valence electrons. The molecule has 25 heavy (non-hydrogen) atoms. The maximum absolute atomic E-state index is 12.4. The maximum atomic E-state index is 12.4. The third kappa shape index (κ3) is 4.42. The van der Waals surface area contributed by atoms with Gasteiger partial charge in [-0.05, 0) is 32.0 Å². The van der Waals surface area contributed by atoms with E-state index in [2.05, 4.69) is 14.6 Å². The molecule has 0 amide bonds. The lowest BCUT2D eigenvalue weighted by atomic mass is 10.2. The summed E-state index contributed by atoms with van der Waals surface area (Å²) in [5, 5.41) is 12.6. The second-order valence-corrected chi connectivity index (χ2v) is 6.60. The second kappa shape index (κ2) is 6.64. The molecule has 0 aliphatic rings. The molecule has 1 aromatic carbocycles. The van der Waals surface area contributed by atoms with Crippen molar-refractivity contribution >= 4 is 15.7 Å². The van der Waals surface area contributed by atoms with Crippen molar-refractivity contribution in [1.29, 1.82) is 5.26 Å². The number of aryl methyl sites for hydroxylation is 2. The fourth-order valence-corrected chi connectivity index (χ4v) is 3.41. The van der Waals surface area contributed by atoms with E-state index in [1.54, 1.807) is 6.07 Å². The molecule has 0 aliphatic carbocycles. The van der Waals surface area contributed by atoms with Crippen LogP contribution in [-0.4, -0.2) is 26.4 Å². The number of ether oxygens (including phenoxy) is 1. The van der Waals surface area contributed by atoms with Crippen molar-refractivity contribution in [2.24, 2.45) is 0 Å². The van der Waals surface area contributed by atoms with Crippen molar-refractivity contribution in [3.63, 3.8) is 0 Å². The van der Waals surface area contributed by atoms with Gasteiger partial charge in [0.05, 0.1) is 11.3 Å². The summed E-state index contributed by atoms with van der Waals surface area (Å²) < 4.78 is 72.9. The summed E-state index contributed by atoms with van der Waals surface area (Å²) in [4.78, 5) is -0.150. The maximum Gasteiger partial charge on any atom is 0.422 e. The highest BCUT2D eigenvalue weighted by molar-refractivity contribution is 7.92. The lowest BCUT2D eigenvalue weighted by Crippen LogP contribution is -2.19. The molecule has 7 nitrogen and oxygen atoms in total. The number of alkyl halides is 3. The van der Waals surface area contributed by atoms with Gasteiger partial charge in [-0.3, -0.25) is 4.72 Å². The van der Waals surface area contributed by atoms with Crippen molar-refractivity contribution < 1.29 is 30.8 Å². The third-order valence-corrected chi connectivity index (χ3v) is 4.60. The molecule has 0 radical (unpaired) electrons. The summed E-state index contributed by atoms with van der Waals surface area (Å²) in [6.07, 6.45) is -4.56. The molecule has 1 heterocycles. The van der Waals surface area contributed by atoms with Crippen molar-refractivity contribution in [2.75, 3.05) is 11.3 Å². The highest BCUT2D eigenvalue weighted by Gasteiger charge is 2.29. The molecule has 2 aromatic rings. The third-order valence-electron chi connectivity index (χ3n) is 2.98. The first-order valence-electron chi connectivity index (χ1n) is 6.73. The second-order valence-electron chi connectivity index (χ2n) is 4.99. The Hall–Kier alpha value is -2.74. The fraction of sp³-hybridized carbons (Fsp3) is 0.286. The van der Waals surface area contributed by atoms with Crippen LogP contribution in [0, 0.1) is 25.2 Å². The Morgan fingerprint density at radius 2 is 2.04 bits per heavy atom. The standard InChI is InChI=1S/C14H12F3N3O4S/c1-8-13(9(2)24-19-8)25(21,22)20-11-3-4-12(10(5-11)6-18)23-7-14(15,16)17/h3-5,20H,7H2,1-2H3. The van der Waals surface area contributed by atoms with E-state index in [0.717, 1.165) is 12.1 Å². The number of hydrogen-bond donors (Lipinski definition) is 1. The minimum atomic E-state index is -4.56. The molecule has 0 atom stereocenters. The summed E-state index contributed by atoms with van der Waals surface area (Å²) in [6.45, 7) is 1.30. The number of nitrogens with zero attached hydrogens (tertiary/aromatic N) is 2. The van der Waals surface area contributed by atoms with Gasteiger partial charge in [0.25, 0.3) is 10.0 Å². The zero-order chi connectivity index (χ0) is 18.8. The molecule has 0 aliphatic heterocycles. The lowest BCUT2D eigenvalue weighted by Gasteiger charge is -2.12. The molecule has 0 fully saturated rings. The van der Waals surface area contributed by atoms with Crippen LogP contribution in [0.1, 0.15) is 17.0 Å². The minimum absolute atomic E-state index is 0.0177. The molecular weight excluding hydrogens is 363 g/mol. The highest BCUT2D eigenvalue weighted by atomic mass is 32.2. The normalized spacial score (nSPS) is 11.8. The summed E-state index contributed by atoms with van der Waals surface area (Å²) in [7, 11) is -4.04. The fourth-order valence-electron chi connectivity index (χ4n) is 2.03. The molecule has 0 spiro atoms. The zero-order valence-electron chi connectivity index (χ0n) is 13.0. The number of halogens is 3. The predicted molar refractivity (Wildman–Crippen MR) is 79.5 cm³/mol. The Morgan fingerprint density at radius 3 is 2.56 bits per heavy atom. The Bertz CT molecular complexity index is 910. The average molecular weight is 375 g/mol. The van der Waals surface area contributed by atoms with Gasteiger partial charge in [-0.2, -0.15) is 18.4 Å². The van der Waals surface area contributed by atoms with Gasteiger partial charge in [0, 0.05) is 0 Å². The first-order chi connectivity index (χ1) is 11.5. The first-order valence-corrected chi connectivity index (χ1v) is 8.21. The number of aromatic nitrogens is 1. The molecule has 0 bridgehead atoms. The summed E-state index contributed by atoms with van der Waals surface area (Å²) in [5.41, 5.74) is -0.116. The van der Waals surface area contributed by atoms with Crippen molar-refractivity contribution in [3.8, 4) is 11.8 Å². The molecule has 0 saturated heterocycles. The number of hydrogen-bond acceptors (Lipinski definition) is 6. The van der Waals surface area contributed by atoms with Gasteiger partial charge in [-0.1, -0.05) is 5.16 Å². The molecule has 11 heteroatoms. The minimum Gasteiger partial charge on any atom is -0.483 e. The topological polar surface area (TPSA) is 105 Å². The van der Waals surface area contributed by atoms with Crippen LogP contribution in [-0.2, 0) is 10.0 Å². The van der Waals surface area contributed by atoms with Crippen LogP contribution in [0.3, 0.4) is 0 Å². The highest BCUT2D eigenvalue weighted by Crippen LogP contribution is 2.27. The van der Waals surface area contributed by atoms with E-state index in [-0.39, 0.29) is 33.4 Å². The Morgan fingerprint density at radius 1 is 1.36 bits per heavy atom. The lowest BCUT2D eigenvalue weighted by molar-refractivity contribution is -0.153. The number of benzene rings is 1. The summed E-state index contributed by atoms with van der Waals surface area (Å²) >= 11 is 0. The number of nitrogens with one attached hydrogen (secondary N) is 1. The van der Waals surface area contributed by atoms with Crippen LogP contribution in [0.2, 0.25) is 0 Å². The van der Waals surface area contributed by atoms with Crippen molar-refractivity contribution in [3.05, 3.63) is 35.2 Å². The van der Waals surface area contributed by atoms with E-state index in [0.29, 0.717) is 0 Å². The average Bonchev–Trinajstić information content (AvgIpc) is 2.84. The zero-order valence-corrected chi connectivity index (χ0v) is 13.8. The summed E-state index contributed by atoms with van der Waals surface area (Å²) in [6, 6.07) is 4.99. The smallest absolute Gasteiger partial charge is 0.422 e. The first kappa shape index (κ1) is 18.6. The van der Waals surface area contributed by atoms with E-state index in [1.807, 2.05) is 0 Å². The summed E-state index contributed by atoms with van der Waals surface area (Å²) in [5.74, 6) is -0.226. The van der Waals surface area contributed by atoms with Gasteiger partial charge < -0.3 is 9.26 Å². The van der Waals surface area contributed by atoms with Gasteiger partial charge in [-0.25, -0.2) is 8.42 Å². The van der Waals surface area contributed by atoms with Gasteiger partial charge in [-0.15, -0.1) is 0 Å². The van der Waals surface area contributed by atoms with Crippen LogP contribution >= 0.6 is 0 Å². The van der Waals surface area contributed by atoms with E-state index < -0.39 is 22.8 Å². The molecule has 0 saturated carbocycles. The van der Waals surface area contributed by atoms with Gasteiger partial charge in [0.1, 0.15) is 17.5 Å². The van der Waals surface area contributed by atoms with Crippen LogP contribution in [0.25, 0.3) is 0 Å².